The van der Waals surface area contributed by atoms with E-state index in [0.29, 0.717) is 16.7 Å². The molecule has 37 heavy (non-hydrogen) atoms. The summed E-state index contributed by atoms with van der Waals surface area (Å²) in [5.74, 6) is 0.965. The van der Waals surface area contributed by atoms with Crippen LogP contribution in [0.4, 0.5) is 0 Å². The van der Waals surface area contributed by atoms with Crippen LogP contribution >= 0.6 is 31.9 Å². The van der Waals surface area contributed by atoms with E-state index in [1.807, 2.05) is 24.3 Å². The molecule has 0 aliphatic heterocycles. The molecule has 4 rings (SSSR count). The molecule has 9 nitrogen and oxygen atoms in total. The summed E-state index contributed by atoms with van der Waals surface area (Å²) in [5.41, 5.74) is 2.64. The lowest BCUT2D eigenvalue weighted by molar-refractivity contribution is 0.0374. The number of hydrazine groups is 1. The minimum Gasteiger partial charge on any atom is -0.507 e. The van der Waals surface area contributed by atoms with Crippen LogP contribution in [0.3, 0.4) is 0 Å². The van der Waals surface area contributed by atoms with Crippen molar-refractivity contribution >= 4 is 49.7 Å². The molecule has 1 amide bonds. The third kappa shape index (κ3) is 5.17. The quantitative estimate of drug-likeness (QED) is 0.0886. The fourth-order valence-corrected chi connectivity index (χ4v) is 4.15. The van der Waals surface area contributed by atoms with Gasteiger partial charge in [0.2, 0.25) is 5.76 Å². The molecule has 1 aromatic heterocycles. The highest BCUT2D eigenvalue weighted by Gasteiger charge is 2.29. The van der Waals surface area contributed by atoms with Gasteiger partial charge in [0.1, 0.15) is 23.6 Å². The molecule has 0 spiro atoms. The smallest absolute Gasteiger partial charge is 0.382 e. The molecule has 3 aromatic carbocycles. The number of phenols is 1. The lowest BCUT2D eigenvalue weighted by atomic mass is 9.97. The number of furan rings is 1. The molecule has 0 saturated carbocycles. The number of halogens is 2. The van der Waals surface area contributed by atoms with Gasteiger partial charge in [-0.2, -0.15) is 5.26 Å². The Morgan fingerprint density at radius 1 is 0.919 bits per heavy atom. The monoisotopic (exact) mass is 623 g/mol. The van der Waals surface area contributed by atoms with Crippen molar-refractivity contribution in [2.45, 2.75) is 0 Å². The lowest BCUT2D eigenvalue weighted by Gasteiger charge is -2.11. The molecular weight excluding hydrogens is 610 g/mol. The number of nitrogens with one attached hydrogen (secondary N) is 1. The Labute approximate surface area is 226 Å². The van der Waals surface area contributed by atoms with Crippen molar-refractivity contribution in [3.05, 3.63) is 98.3 Å². The van der Waals surface area contributed by atoms with Gasteiger partial charge in [-0.05, 0) is 47.5 Å². The Hall–Kier alpha value is -4.24. The summed E-state index contributed by atoms with van der Waals surface area (Å²) >= 11 is 6.77. The molecule has 0 aliphatic carbocycles. The maximum atomic E-state index is 13.2. The van der Waals surface area contributed by atoms with E-state index in [2.05, 4.69) is 31.9 Å². The molecule has 0 bridgehead atoms. The minimum absolute atomic E-state index is 0.252. The zero-order valence-corrected chi connectivity index (χ0v) is 21.8. The predicted octanol–water partition coefficient (Wildman–Crippen LogP) is 5.32. The number of rotatable bonds is 5. The van der Waals surface area contributed by atoms with E-state index in [4.69, 9.17) is 15.0 Å². The summed E-state index contributed by atoms with van der Waals surface area (Å²) in [6, 6.07) is 18.1. The maximum absolute atomic E-state index is 13.2. The number of aromatic hydroxyl groups is 1. The Morgan fingerprint density at radius 3 is 2.08 bits per heavy atom. The SMILES string of the molecule is N#Cc1c(O)ccc(C(=O)OC(=O)c2occ(-c3ccc(Br)cc3)c2-c2ccc(Br)cc2)c1C(=O)NN. The van der Waals surface area contributed by atoms with Crippen LogP contribution in [0, 0.1) is 11.3 Å². The number of carbonyl (C=O) groups is 3. The highest BCUT2D eigenvalue weighted by atomic mass is 79.9. The van der Waals surface area contributed by atoms with Crippen LogP contribution in [0.2, 0.25) is 0 Å². The van der Waals surface area contributed by atoms with Crippen molar-refractivity contribution in [2.75, 3.05) is 0 Å². The van der Waals surface area contributed by atoms with Crippen LogP contribution in [0.5, 0.6) is 5.75 Å². The van der Waals surface area contributed by atoms with Crippen LogP contribution in [0.15, 0.2) is 80.3 Å². The first-order chi connectivity index (χ1) is 17.7. The summed E-state index contributed by atoms with van der Waals surface area (Å²) in [4.78, 5) is 38.4. The van der Waals surface area contributed by atoms with Gasteiger partial charge in [-0.3, -0.25) is 10.2 Å². The number of nitrogens with zero attached hydrogens (tertiary/aromatic N) is 1. The number of phenolic OH excluding ortho intramolecular Hbond substituents is 1. The van der Waals surface area contributed by atoms with E-state index < -0.39 is 40.3 Å². The van der Waals surface area contributed by atoms with Gasteiger partial charge < -0.3 is 14.3 Å². The van der Waals surface area contributed by atoms with Gasteiger partial charge in [0.25, 0.3) is 5.91 Å². The highest BCUT2D eigenvalue weighted by molar-refractivity contribution is 9.10. The maximum Gasteiger partial charge on any atom is 0.382 e. The van der Waals surface area contributed by atoms with Crippen LogP contribution in [0.1, 0.15) is 36.8 Å². The molecule has 1 heterocycles. The van der Waals surface area contributed by atoms with Crippen LogP contribution in [-0.4, -0.2) is 23.0 Å². The Balaban J connectivity index is 1.77. The van der Waals surface area contributed by atoms with Gasteiger partial charge in [-0.1, -0.05) is 56.1 Å². The topological polar surface area (TPSA) is 156 Å². The fourth-order valence-electron chi connectivity index (χ4n) is 3.62. The Kier molecular flexibility index (Phi) is 7.54. The first kappa shape index (κ1) is 25.8. The molecule has 0 fully saturated rings. The van der Waals surface area contributed by atoms with Gasteiger partial charge in [0.15, 0.2) is 0 Å². The molecular formula is C26H15Br2N3O6. The van der Waals surface area contributed by atoms with Crippen LogP contribution in [0.25, 0.3) is 22.3 Å². The number of esters is 2. The normalized spacial score (nSPS) is 10.4. The van der Waals surface area contributed by atoms with Gasteiger partial charge in [0.05, 0.1) is 11.1 Å². The zero-order chi connectivity index (χ0) is 26.7. The highest BCUT2D eigenvalue weighted by Crippen LogP contribution is 2.38. The number of benzene rings is 3. The van der Waals surface area contributed by atoms with E-state index >= 15 is 0 Å². The molecule has 4 aromatic rings. The lowest BCUT2D eigenvalue weighted by Crippen LogP contribution is -2.32. The fraction of sp³-hybridized carbons (Fsp3) is 0. The summed E-state index contributed by atoms with van der Waals surface area (Å²) in [6.45, 7) is 0. The molecule has 0 saturated heterocycles. The summed E-state index contributed by atoms with van der Waals surface area (Å²) in [5, 5.41) is 19.3. The summed E-state index contributed by atoms with van der Waals surface area (Å²) in [6.07, 6.45) is 1.38. The number of hydrogen-bond donors (Lipinski definition) is 3. The Bertz CT molecular complexity index is 1570. The standard InChI is InChI=1S/C26H15Br2N3O6/c27-15-5-1-13(2-6-15)19-12-36-23(21(19)14-3-7-16(28)8-4-14)26(35)37-25(34)17-9-10-20(32)18(11-29)22(17)24(33)31-30/h1-10,12,32H,30H2,(H,31,33). The molecule has 184 valence electrons. The second-order valence-corrected chi connectivity index (χ2v) is 9.34. The molecule has 0 atom stereocenters. The molecule has 0 unspecified atom stereocenters. The minimum atomic E-state index is -1.25. The van der Waals surface area contributed by atoms with Crippen molar-refractivity contribution < 1.29 is 28.6 Å². The molecule has 4 N–H and O–H groups in total. The number of nitriles is 1. The second-order valence-electron chi connectivity index (χ2n) is 7.51. The third-order valence-corrected chi connectivity index (χ3v) is 6.38. The van der Waals surface area contributed by atoms with Gasteiger partial charge in [-0.25, -0.2) is 15.4 Å². The van der Waals surface area contributed by atoms with Crippen molar-refractivity contribution in [2.24, 2.45) is 5.84 Å². The van der Waals surface area contributed by atoms with E-state index in [0.717, 1.165) is 26.6 Å². The largest absolute Gasteiger partial charge is 0.507 e. The van der Waals surface area contributed by atoms with Crippen molar-refractivity contribution in [1.29, 1.82) is 5.26 Å². The average molecular weight is 625 g/mol. The van der Waals surface area contributed by atoms with E-state index in [1.54, 1.807) is 35.8 Å². The third-order valence-electron chi connectivity index (χ3n) is 5.32. The van der Waals surface area contributed by atoms with Crippen LogP contribution < -0.4 is 11.3 Å². The number of hydrogen-bond acceptors (Lipinski definition) is 8. The number of carbonyl (C=O) groups excluding carboxylic acids is 3. The first-order valence-corrected chi connectivity index (χ1v) is 12.0. The van der Waals surface area contributed by atoms with Crippen molar-refractivity contribution in [3.8, 4) is 34.1 Å². The summed E-state index contributed by atoms with van der Waals surface area (Å²) < 4.78 is 12.3. The number of nitrogen functional groups attached to an aromatic ring is 1. The Morgan fingerprint density at radius 2 is 1.51 bits per heavy atom. The van der Waals surface area contributed by atoms with E-state index in [9.17, 15) is 24.8 Å². The van der Waals surface area contributed by atoms with Crippen LogP contribution in [-0.2, 0) is 4.74 Å². The number of nitrogens with two attached hydrogens (primary N) is 1. The number of ether oxygens (including phenoxy) is 1. The number of amides is 1. The van der Waals surface area contributed by atoms with Gasteiger partial charge in [0, 0.05) is 20.1 Å². The molecule has 0 aliphatic rings. The molecule has 0 radical (unpaired) electrons. The van der Waals surface area contributed by atoms with Crippen molar-refractivity contribution in [1.82, 2.24) is 5.43 Å². The van der Waals surface area contributed by atoms with E-state index in [-0.39, 0.29) is 5.76 Å². The molecule has 11 heteroatoms. The van der Waals surface area contributed by atoms with Gasteiger partial charge in [-0.15, -0.1) is 0 Å². The van der Waals surface area contributed by atoms with Gasteiger partial charge >= 0.3 is 11.9 Å². The summed E-state index contributed by atoms with van der Waals surface area (Å²) in [7, 11) is 0. The van der Waals surface area contributed by atoms with E-state index in [1.165, 1.54) is 6.26 Å². The zero-order valence-electron chi connectivity index (χ0n) is 18.6. The second kappa shape index (κ2) is 10.8. The first-order valence-electron chi connectivity index (χ1n) is 10.4. The van der Waals surface area contributed by atoms with Crippen molar-refractivity contribution in [3.63, 3.8) is 0 Å². The average Bonchev–Trinajstić information content (AvgIpc) is 3.34. The predicted molar refractivity (Wildman–Crippen MR) is 139 cm³/mol.